The molecule has 5 nitrogen and oxygen atoms in total. The number of nitriles is 1. The van der Waals surface area contributed by atoms with Gasteiger partial charge in [-0.2, -0.15) is 5.26 Å². The van der Waals surface area contributed by atoms with E-state index in [0.29, 0.717) is 30.1 Å². The zero-order chi connectivity index (χ0) is 14.5. The van der Waals surface area contributed by atoms with Gasteiger partial charge in [0.2, 0.25) is 11.8 Å². The van der Waals surface area contributed by atoms with E-state index >= 15 is 0 Å². The Kier molecular flexibility index (Phi) is 4.36. The van der Waals surface area contributed by atoms with Crippen molar-refractivity contribution in [3.63, 3.8) is 0 Å². The van der Waals surface area contributed by atoms with Crippen molar-refractivity contribution < 1.29 is 9.59 Å². The summed E-state index contributed by atoms with van der Waals surface area (Å²) >= 11 is 0. The molecule has 0 spiro atoms. The summed E-state index contributed by atoms with van der Waals surface area (Å²) < 4.78 is 0. The summed E-state index contributed by atoms with van der Waals surface area (Å²) in [5.74, 6) is 0.349. The van der Waals surface area contributed by atoms with E-state index in [4.69, 9.17) is 5.26 Å². The number of rotatable bonds is 4. The molecule has 0 radical (unpaired) electrons. The first-order valence-corrected chi connectivity index (χ1v) is 6.66. The standard InChI is InChI=1S/C15H17N3O2/c1-11-7-15(20)18(10-11)6-5-14(19)17-13-4-2-3-12(8-13)9-16/h2-4,8,11H,5-7,10H2,1H3,(H,17,19). The van der Waals surface area contributed by atoms with Gasteiger partial charge in [-0.15, -0.1) is 0 Å². The summed E-state index contributed by atoms with van der Waals surface area (Å²) in [6.45, 7) is 3.22. The molecule has 1 saturated heterocycles. The van der Waals surface area contributed by atoms with Gasteiger partial charge >= 0.3 is 0 Å². The second kappa shape index (κ2) is 6.20. The zero-order valence-electron chi connectivity index (χ0n) is 11.4. The van der Waals surface area contributed by atoms with Crippen LogP contribution in [0.25, 0.3) is 0 Å². The average Bonchev–Trinajstić information content (AvgIpc) is 2.75. The molecule has 1 aliphatic rings. The van der Waals surface area contributed by atoms with Crippen molar-refractivity contribution in [3.05, 3.63) is 29.8 Å². The third-order valence-electron chi connectivity index (χ3n) is 3.29. The van der Waals surface area contributed by atoms with E-state index in [1.165, 1.54) is 0 Å². The van der Waals surface area contributed by atoms with Crippen molar-refractivity contribution in [1.29, 1.82) is 5.26 Å². The van der Waals surface area contributed by atoms with E-state index < -0.39 is 0 Å². The van der Waals surface area contributed by atoms with Crippen LogP contribution in [0, 0.1) is 17.2 Å². The number of amides is 2. The third-order valence-corrected chi connectivity index (χ3v) is 3.29. The highest BCUT2D eigenvalue weighted by Gasteiger charge is 2.26. The summed E-state index contributed by atoms with van der Waals surface area (Å²) in [4.78, 5) is 25.2. The second-order valence-electron chi connectivity index (χ2n) is 5.14. The lowest BCUT2D eigenvalue weighted by Crippen LogP contribution is -2.29. The molecule has 1 aliphatic heterocycles. The Morgan fingerprint density at radius 2 is 2.35 bits per heavy atom. The largest absolute Gasteiger partial charge is 0.342 e. The Bertz CT molecular complexity index is 562. The van der Waals surface area contributed by atoms with Crippen molar-refractivity contribution >= 4 is 17.5 Å². The molecule has 104 valence electrons. The minimum Gasteiger partial charge on any atom is -0.342 e. The minimum atomic E-state index is -0.146. The van der Waals surface area contributed by atoms with Gasteiger partial charge in [0, 0.05) is 31.6 Å². The highest BCUT2D eigenvalue weighted by Crippen LogP contribution is 2.17. The van der Waals surface area contributed by atoms with Crippen molar-refractivity contribution in [2.45, 2.75) is 19.8 Å². The Hall–Kier alpha value is -2.35. The number of nitrogens with one attached hydrogen (secondary N) is 1. The first kappa shape index (κ1) is 14.1. The van der Waals surface area contributed by atoms with Gasteiger partial charge < -0.3 is 10.2 Å². The molecule has 5 heteroatoms. The van der Waals surface area contributed by atoms with E-state index in [0.717, 1.165) is 6.54 Å². The molecule has 1 aromatic carbocycles. The van der Waals surface area contributed by atoms with Crippen LogP contribution in [0.15, 0.2) is 24.3 Å². The molecule has 2 amide bonds. The van der Waals surface area contributed by atoms with Gasteiger partial charge in [0.05, 0.1) is 11.6 Å². The second-order valence-corrected chi connectivity index (χ2v) is 5.14. The van der Waals surface area contributed by atoms with Crippen LogP contribution in [0.2, 0.25) is 0 Å². The number of nitrogens with zero attached hydrogens (tertiary/aromatic N) is 2. The van der Waals surface area contributed by atoms with Crippen LogP contribution in [0.5, 0.6) is 0 Å². The summed E-state index contributed by atoms with van der Waals surface area (Å²) in [6.07, 6.45) is 0.848. The molecule has 1 aromatic rings. The van der Waals surface area contributed by atoms with Crippen LogP contribution in [0.3, 0.4) is 0 Å². The van der Waals surface area contributed by atoms with E-state index in [-0.39, 0.29) is 18.2 Å². The van der Waals surface area contributed by atoms with E-state index in [1.807, 2.05) is 13.0 Å². The topological polar surface area (TPSA) is 73.2 Å². The quantitative estimate of drug-likeness (QED) is 0.906. The molecule has 2 rings (SSSR count). The third kappa shape index (κ3) is 3.58. The fourth-order valence-electron chi connectivity index (χ4n) is 2.31. The molecule has 1 heterocycles. The van der Waals surface area contributed by atoms with Crippen molar-refractivity contribution in [2.75, 3.05) is 18.4 Å². The zero-order valence-corrected chi connectivity index (χ0v) is 11.4. The fraction of sp³-hybridized carbons (Fsp3) is 0.400. The predicted molar refractivity (Wildman–Crippen MR) is 74.8 cm³/mol. The number of hydrogen-bond donors (Lipinski definition) is 1. The number of anilines is 1. The maximum Gasteiger partial charge on any atom is 0.226 e. The summed E-state index contributed by atoms with van der Waals surface area (Å²) in [5.41, 5.74) is 1.11. The van der Waals surface area contributed by atoms with Crippen molar-refractivity contribution in [1.82, 2.24) is 4.90 Å². The Balaban J connectivity index is 1.84. The summed E-state index contributed by atoms with van der Waals surface area (Å²) in [5, 5.41) is 11.5. The number of carbonyl (C=O) groups excluding carboxylic acids is 2. The molecule has 0 saturated carbocycles. The van der Waals surface area contributed by atoms with Gasteiger partial charge in [-0.1, -0.05) is 13.0 Å². The van der Waals surface area contributed by atoms with Gasteiger partial charge in [0.1, 0.15) is 0 Å². The maximum atomic E-state index is 11.8. The number of carbonyl (C=O) groups is 2. The van der Waals surface area contributed by atoms with Gasteiger partial charge in [-0.05, 0) is 24.1 Å². The molecular formula is C15H17N3O2. The minimum absolute atomic E-state index is 0.122. The smallest absolute Gasteiger partial charge is 0.226 e. The SMILES string of the molecule is CC1CC(=O)N(CCC(=O)Nc2cccc(C#N)c2)C1. The Labute approximate surface area is 118 Å². The van der Waals surface area contributed by atoms with Crippen LogP contribution in [-0.4, -0.2) is 29.8 Å². The number of likely N-dealkylation sites (tertiary alicyclic amines) is 1. The van der Waals surface area contributed by atoms with Crippen LogP contribution in [-0.2, 0) is 9.59 Å². The molecule has 1 N–H and O–H groups in total. The first-order chi connectivity index (χ1) is 9.58. The predicted octanol–water partition coefficient (Wildman–Crippen LogP) is 1.76. The van der Waals surface area contributed by atoms with Gasteiger partial charge in [-0.3, -0.25) is 9.59 Å². The average molecular weight is 271 g/mol. The van der Waals surface area contributed by atoms with E-state index in [1.54, 1.807) is 29.2 Å². The molecular weight excluding hydrogens is 254 g/mol. The Morgan fingerprint density at radius 3 is 3.00 bits per heavy atom. The van der Waals surface area contributed by atoms with Crippen molar-refractivity contribution in [2.24, 2.45) is 5.92 Å². The van der Waals surface area contributed by atoms with E-state index in [2.05, 4.69) is 5.32 Å². The monoisotopic (exact) mass is 271 g/mol. The van der Waals surface area contributed by atoms with Gasteiger partial charge in [-0.25, -0.2) is 0 Å². The molecule has 1 fully saturated rings. The van der Waals surface area contributed by atoms with Crippen LogP contribution >= 0.6 is 0 Å². The maximum absolute atomic E-state index is 11.8. The molecule has 0 aliphatic carbocycles. The van der Waals surface area contributed by atoms with Gasteiger partial charge in [0.25, 0.3) is 0 Å². The molecule has 0 aromatic heterocycles. The fourth-order valence-corrected chi connectivity index (χ4v) is 2.31. The lowest BCUT2D eigenvalue weighted by atomic mass is 10.2. The van der Waals surface area contributed by atoms with Crippen LogP contribution in [0.4, 0.5) is 5.69 Å². The van der Waals surface area contributed by atoms with Crippen LogP contribution < -0.4 is 5.32 Å². The molecule has 1 atom stereocenters. The van der Waals surface area contributed by atoms with Gasteiger partial charge in [0.15, 0.2) is 0 Å². The van der Waals surface area contributed by atoms with E-state index in [9.17, 15) is 9.59 Å². The molecule has 0 bridgehead atoms. The lowest BCUT2D eigenvalue weighted by molar-refractivity contribution is -0.128. The first-order valence-electron chi connectivity index (χ1n) is 6.66. The van der Waals surface area contributed by atoms with Crippen LogP contribution in [0.1, 0.15) is 25.3 Å². The highest BCUT2D eigenvalue weighted by atomic mass is 16.2. The lowest BCUT2D eigenvalue weighted by Gasteiger charge is -2.15. The Morgan fingerprint density at radius 1 is 1.55 bits per heavy atom. The highest BCUT2D eigenvalue weighted by molar-refractivity contribution is 5.91. The normalized spacial score (nSPS) is 17.9. The summed E-state index contributed by atoms with van der Waals surface area (Å²) in [7, 11) is 0. The number of benzene rings is 1. The molecule has 1 unspecified atom stereocenters. The summed E-state index contributed by atoms with van der Waals surface area (Å²) in [6, 6.07) is 8.79. The molecule has 20 heavy (non-hydrogen) atoms. The van der Waals surface area contributed by atoms with Crippen molar-refractivity contribution in [3.8, 4) is 6.07 Å². The number of hydrogen-bond acceptors (Lipinski definition) is 3.